The summed E-state index contributed by atoms with van der Waals surface area (Å²) in [5.41, 5.74) is -0.156. The van der Waals surface area contributed by atoms with Crippen LogP contribution in [0, 0.1) is 5.82 Å². The average Bonchev–Trinajstić information content (AvgIpc) is 2.96. The smallest absolute Gasteiger partial charge is 0.316 e. The minimum atomic E-state index is -1.41. The van der Waals surface area contributed by atoms with Crippen molar-refractivity contribution in [1.82, 2.24) is 0 Å². The first kappa shape index (κ1) is 20.6. The molecule has 1 unspecified atom stereocenters. The van der Waals surface area contributed by atoms with Crippen LogP contribution >= 0.6 is 27.7 Å². The Labute approximate surface area is 180 Å². The van der Waals surface area contributed by atoms with E-state index in [1.165, 1.54) is 13.2 Å². The summed E-state index contributed by atoms with van der Waals surface area (Å²) in [6.45, 7) is 0.970. The summed E-state index contributed by atoms with van der Waals surface area (Å²) in [6, 6.07) is 12.6. The lowest BCUT2D eigenvalue weighted by molar-refractivity contribution is -0.657. The minimum absolute atomic E-state index is 0. The second kappa shape index (κ2) is 8.11. The number of β-amino-alcohol motifs (C(OH)–C–C–N with tert-alkyl or cyclic N) is 1. The first-order chi connectivity index (χ1) is 12.5. The van der Waals surface area contributed by atoms with Gasteiger partial charge in [0.15, 0.2) is 6.54 Å². The van der Waals surface area contributed by atoms with Gasteiger partial charge in [-0.05, 0) is 54.6 Å². The van der Waals surface area contributed by atoms with Crippen LogP contribution in [0.25, 0.3) is 0 Å². The molecule has 1 atom stereocenters. The van der Waals surface area contributed by atoms with Crippen molar-refractivity contribution < 1.29 is 35.8 Å². The monoisotopic (exact) mass is 516 g/mol. The van der Waals surface area contributed by atoms with Gasteiger partial charge < -0.3 is 26.8 Å². The first-order valence-corrected chi connectivity index (χ1v) is 10.2. The van der Waals surface area contributed by atoms with Gasteiger partial charge >= 0.3 is 5.17 Å². The van der Waals surface area contributed by atoms with Crippen LogP contribution in [0.1, 0.15) is 12.0 Å². The maximum absolute atomic E-state index is 14.8. The Morgan fingerprint density at radius 3 is 2.67 bits per heavy atom. The van der Waals surface area contributed by atoms with E-state index in [1.807, 2.05) is 28.8 Å². The number of amidine groups is 1. The molecule has 0 fully saturated rings. The number of halogens is 3. The lowest BCUT2D eigenvalue weighted by Gasteiger charge is -2.24. The third-order valence-corrected chi connectivity index (χ3v) is 6.51. The predicted molar refractivity (Wildman–Crippen MR) is 106 cm³/mol. The van der Waals surface area contributed by atoms with Crippen LogP contribution in [0.5, 0.6) is 5.75 Å². The highest BCUT2D eigenvalue weighted by Crippen LogP contribution is 2.39. The largest absolute Gasteiger partial charge is 1.00 e. The van der Waals surface area contributed by atoms with Gasteiger partial charge in [0.1, 0.15) is 17.3 Å². The Balaban J connectivity index is 0.00000210. The zero-order chi connectivity index (χ0) is 18.3. The number of methoxy groups -OCH3 is 1. The fourth-order valence-corrected chi connectivity index (χ4v) is 4.95. The van der Waals surface area contributed by atoms with Crippen molar-refractivity contribution in [3.63, 3.8) is 0 Å². The summed E-state index contributed by atoms with van der Waals surface area (Å²) in [6.07, 6.45) is 0.947. The molecule has 27 heavy (non-hydrogen) atoms. The Morgan fingerprint density at radius 2 is 2.00 bits per heavy atom. The molecule has 144 valence electrons. The molecule has 4 nitrogen and oxygen atoms in total. The van der Waals surface area contributed by atoms with E-state index in [1.54, 1.807) is 23.9 Å². The molecular weight excluding hydrogens is 499 g/mol. The maximum atomic E-state index is 14.8. The normalized spacial score (nSPS) is 21.7. The number of aliphatic hydroxyl groups is 1. The Morgan fingerprint density at radius 1 is 1.26 bits per heavy atom. The molecule has 2 aromatic rings. The number of nitrogens with zero attached hydrogens (tertiary/aromatic N) is 2. The molecule has 0 aliphatic carbocycles. The van der Waals surface area contributed by atoms with E-state index in [9.17, 15) is 9.50 Å². The van der Waals surface area contributed by atoms with E-state index in [-0.39, 0.29) is 29.1 Å². The molecule has 0 aromatic heterocycles. The van der Waals surface area contributed by atoms with Crippen LogP contribution < -0.4 is 26.6 Å². The van der Waals surface area contributed by atoms with Crippen LogP contribution in [0.4, 0.5) is 10.1 Å². The number of thioether (sulfide) groups is 1. The number of hydrogen-bond acceptors (Lipinski definition) is 4. The standard InChI is InChI=1S/C19H19BrFN2O2S.BrH/c1-25-15-7-8-16(17(21)11-15)19(24)12-22(14-5-3-13(20)4-6-14)18-23(19)9-2-10-26-18;/h3-8,11,24H,2,9-10,12H2,1H3;1H/q+1;/p-1. The van der Waals surface area contributed by atoms with E-state index in [0.717, 1.165) is 27.5 Å². The molecule has 2 heterocycles. The van der Waals surface area contributed by atoms with Gasteiger partial charge in [-0.1, -0.05) is 15.9 Å². The Hall–Kier alpha value is -1.09. The molecule has 0 amide bonds. The molecule has 1 N–H and O–H groups in total. The van der Waals surface area contributed by atoms with E-state index < -0.39 is 11.5 Å². The average molecular weight is 518 g/mol. The molecule has 0 bridgehead atoms. The van der Waals surface area contributed by atoms with E-state index in [0.29, 0.717) is 12.3 Å². The highest BCUT2D eigenvalue weighted by molar-refractivity contribution is 9.10. The van der Waals surface area contributed by atoms with Crippen molar-refractivity contribution in [3.05, 3.63) is 58.3 Å². The van der Waals surface area contributed by atoms with Crippen molar-refractivity contribution in [2.75, 3.05) is 30.9 Å². The zero-order valence-corrected chi connectivity index (χ0v) is 18.7. The number of hydrogen-bond donors (Lipinski definition) is 1. The fourth-order valence-electron chi connectivity index (χ4n) is 3.50. The zero-order valence-electron chi connectivity index (χ0n) is 14.7. The quantitative estimate of drug-likeness (QED) is 0.610. The SMILES string of the molecule is COc1ccc(C2(O)CN(c3ccc(Br)cc3)C3=[N+]2CCCS3)c(F)c1.[Br-]. The van der Waals surface area contributed by atoms with Crippen LogP contribution in [-0.2, 0) is 5.72 Å². The summed E-state index contributed by atoms with van der Waals surface area (Å²) in [5.74, 6) is 0.967. The van der Waals surface area contributed by atoms with Crippen LogP contribution in [0.2, 0.25) is 0 Å². The van der Waals surface area contributed by atoms with Crippen LogP contribution in [0.15, 0.2) is 46.9 Å². The van der Waals surface area contributed by atoms with Gasteiger partial charge in [-0.3, -0.25) is 0 Å². The van der Waals surface area contributed by atoms with Gasteiger partial charge in [0.05, 0.1) is 19.2 Å². The minimum Gasteiger partial charge on any atom is -1.00 e. The third-order valence-electron chi connectivity index (χ3n) is 4.79. The second-order valence-corrected chi connectivity index (χ2v) is 8.34. The molecular formula is C19H19Br2FN2O2S. The fraction of sp³-hybridized carbons (Fsp3) is 0.316. The maximum Gasteiger partial charge on any atom is 0.316 e. The molecule has 0 spiro atoms. The van der Waals surface area contributed by atoms with Crippen molar-refractivity contribution in [1.29, 1.82) is 0 Å². The topological polar surface area (TPSA) is 35.7 Å². The van der Waals surface area contributed by atoms with Gasteiger partial charge in [0.25, 0.3) is 5.72 Å². The van der Waals surface area contributed by atoms with Gasteiger partial charge in [0.2, 0.25) is 0 Å². The Kier molecular flexibility index (Phi) is 6.20. The first-order valence-electron chi connectivity index (χ1n) is 8.40. The molecule has 4 rings (SSSR count). The molecule has 0 saturated heterocycles. The molecule has 2 aliphatic heterocycles. The van der Waals surface area contributed by atoms with E-state index >= 15 is 0 Å². The van der Waals surface area contributed by atoms with Gasteiger partial charge in [-0.2, -0.15) is 0 Å². The van der Waals surface area contributed by atoms with Crippen LogP contribution in [0.3, 0.4) is 0 Å². The summed E-state index contributed by atoms with van der Waals surface area (Å²) in [4.78, 5) is 2.07. The summed E-state index contributed by atoms with van der Waals surface area (Å²) < 4.78 is 22.8. The molecule has 2 aliphatic rings. The van der Waals surface area contributed by atoms with Crippen LogP contribution in [-0.4, -0.2) is 40.8 Å². The summed E-state index contributed by atoms with van der Waals surface area (Å²) in [5, 5.41) is 12.5. The Bertz CT molecular complexity index is 879. The highest BCUT2D eigenvalue weighted by atomic mass is 79.9. The van der Waals surface area contributed by atoms with Crippen molar-refractivity contribution in [3.8, 4) is 5.75 Å². The van der Waals surface area contributed by atoms with Crippen molar-refractivity contribution in [2.24, 2.45) is 0 Å². The third kappa shape index (κ3) is 3.64. The molecule has 2 aromatic carbocycles. The van der Waals surface area contributed by atoms with Crippen molar-refractivity contribution in [2.45, 2.75) is 12.1 Å². The number of rotatable bonds is 3. The summed E-state index contributed by atoms with van der Waals surface area (Å²) in [7, 11) is 1.50. The van der Waals surface area contributed by atoms with Gasteiger partial charge in [-0.25, -0.2) is 13.9 Å². The number of anilines is 1. The molecule has 0 saturated carbocycles. The van der Waals surface area contributed by atoms with E-state index in [2.05, 4.69) is 20.8 Å². The highest BCUT2D eigenvalue weighted by Gasteiger charge is 2.54. The number of ether oxygens (including phenoxy) is 1. The van der Waals surface area contributed by atoms with E-state index in [4.69, 9.17) is 4.74 Å². The number of benzene rings is 2. The molecule has 8 heteroatoms. The lowest BCUT2D eigenvalue weighted by atomic mass is 10.0. The lowest BCUT2D eigenvalue weighted by Crippen LogP contribution is -3.00. The second-order valence-electron chi connectivity index (χ2n) is 6.36. The summed E-state index contributed by atoms with van der Waals surface area (Å²) >= 11 is 5.15. The van der Waals surface area contributed by atoms with Gasteiger partial charge in [-0.15, -0.1) is 0 Å². The molecule has 0 radical (unpaired) electrons. The van der Waals surface area contributed by atoms with Crippen molar-refractivity contribution >= 4 is 38.5 Å². The predicted octanol–water partition coefficient (Wildman–Crippen LogP) is 0.771. The van der Waals surface area contributed by atoms with Gasteiger partial charge in [0, 0.05) is 16.3 Å².